The lowest BCUT2D eigenvalue weighted by molar-refractivity contribution is 0.107. The van der Waals surface area contributed by atoms with E-state index >= 15 is 0 Å². The van der Waals surface area contributed by atoms with Crippen LogP contribution in [0.5, 0.6) is 0 Å². The second-order valence-corrected chi connectivity index (χ2v) is 7.74. The lowest BCUT2D eigenvalue weighted by atomic mass is 10.1. The Morgan fingerprint density at radius 3 is 2.14 bits per heavy atom. The molecule has 1 N–H and O–H groups in total. The fourth-order valence-electron chi connectivity index (χ4n) is 2.19. The molecule has 2 unspecified atom stereocenters. The van der Waals surface area contributed by atoms with Crippen molar-refractivity contribution in [1.82, 2.24) is 4.90 Å². The van der Waals surface area contributed by atoms with Gasteiger partial charge in [0.1, 0.15) is 0 Å². The Kier molecular flexibility index (Phi) is 6.84. The van der Waals surface area contributed by atoms with Crippen molar-refractivity contribution in [1.29, 1.82) is 0 Å². The fourth-order valence-corrected chi connectivity index (χ4v) is 2.82. The van der Waals surface area contributed by atoms with Crippen LogP contribution in [-0.2, 0) is 9.84 Å². The molecular formula is C16H27NO3S. The van der Waals surface area contributed by atoms with Crippen molar-refractivity contribution in [3.63, 3.8) is 0 Å². The van der Waals surface area contributed by atoms with Gasteiger partial charge in [-0.2, -0.15) is 0 Å². The summed E-state index contributed by atoms with van der Waals surface area (Å²) in [5.74, 6) is 0.602. The van der Waals surface area contributed by atoms with Crippen molar-refractivity contribution >= 4 is 9.84 Å². The van der Waals surface area contributed by atoms with Crippen molar-refractivity contribution in [3.8, 4) is 0 Å². The van der Waals surface area contributed by atoms with E-state index in [9.17, 15) is 13.5 Å². The van der Waals surface area contributed by atoms with E-state index in [1.807, 2.05) is 0 Å². The Morgan fingerprint density at radius 2 is 1.71 bits per heavy atom. The molecule has 4 nitrogen and oxygen atoms in total. The molecule has 0 spiro atoms. The molecule has 0 radical (unpaired) electrons. The molecule has 1 aromatic rings. The molecule has 1 aromatic carbocycles. The van der Waals surface area contributed by atoms with Crippen LogP contribution in [0.4, 0.5) is 0 Å². The summed E-state index contributed by atoms with van der Waals surface area (Å²) in [7, 11) is -3.18. The fraction of sp³-hybridized carbons (Fsp3) is 0.625. The third-order valence-corrected chi connectivity index (χ3v) is 4.97. The van der Waals surface area contributed by atoms with E-state index < -0.39 is 15.9 Å². The largest absolute Gasteiger partial charge is 0.387 e. The predicted molar refractivity (Wildman–Crippen MR) is 86.1 cm³/mol. The van der Waals surface area contributed by atoms with Gasteiger partial charge in [0.05, 0.1) is 11.0 Å². The van der Waals surface area contributed by atoms with Crippen LogP contribution in [0, 0.1) is 5.92 Å². The SMILES string of the molecule is CCC(C)CN(CC)CC(O)c1ccc(S(C)(=O)=O)cc1. The lowest BCUT2D eigenvalue weighted by Crippen LogP contribution is -2.32. The first-order valence-electron chi connectivity index (χ1n) is 7.48. The van der Waals surface area contributed by atoms with E-state index in [2.05, 4.69) is 25.7 Å². The first-order valence-corrected chi connectivity index (χ1v) is 9.37. The summed E-state index contributed by atoms with van der Waals surface area (Å²) >= 11 is 0. The van der Waals surface area contributed by atoms with E-state index in [-0.39, 0.29) is 4.90 Å². The highest BCUT2D eigenvalue weighted by molar-refractivity contribution is 7.90. The first-order chi connectivity index (χ1) is 9.77. The van der Waals surface area contributed by atoms with Crippen LogP contribution in [-0.4, -0.2) is 44.3 Å². The maximum atomic E-state index is 11.4. The minimum Gasteiger partial charge on any atom is -0.387 e. The van der Waals surface area contributed by atoms with Gasteiger partial charge >= 0.3 is 0 Å². The van der Waals surface area contributed by atoms with Crippen LogP contribution < -0.4 is 0 Å². The van der Waals surface area contributed by atoms with Gasteiger partial charge in [-0.1, -0.05) is 39.3 Å². The first kappa shape index (κ1) is 18.1. The third kappa shape index (κ3) is 5.77. The number of likely N-dealkylation sites (N-methyl/N-ethyl adjacent to an activating group) is 1. The standard InChI is InChI=1S/C16H27NO3S/c1-5-13(3)11-17(6-2)12-16(18)14-7-9-15(10-8-14)21(4,19)20/h7-10,13,16,18H,5-6,11-12H2,1-4H3. The Morgan fingerprint density at radius 1 is 1.14 bits per heavy atom. The van der Waals surface area contributed by atoms with Crippen molar-refractivity contribution in [2.75, 3.05) is 25.9 Å². The van der Waals surface area contributed by atoms with Crippen molar-refractivity contribution < 1.29 is 13.5 Å². The van der Waals surface area contributed by atoms with Gasteiger partial charge < -0.3 is 10.0 Å². The second kappa shape index (κ2) is 7.92. The molecule has 0 aliphatic heterocycles. The zero-order chi connectivity index (χ0) is 16.0. The van der Waals surface area contributed by atoms with Crippen LogP contribution in [0.25, 0.3) is 0 Å². The van der Waals surface area contributed by atoms with E-state index in [4.69, 9.17) is 0 Å². The van der Waals surface area contributed by atoms with Crippen LogP contribution in [0.15, 0.2) is 29.2 Å². The van der Waals surface area contributed by atoms with Gasteiger partial charge in [-0.3, -0.25) is 0 Å². The molecule has 0 aliphatic carbocycles. The molecule has 5 heteroatoms. The summed E-state index contributed by atoms with van der Waals surface area (Å²) in [6, 6.07) is 6.49. The third-order valence-electron chi connectivity index (χ3n) is 3.84. The highest BCUT2D eigenvalue weighted by Gasteiger charge is 2.15. The summed E-state index contributed by atoms with van der Waals surface area (Å²) in [6.07, 6.45) is 1.71. The minimum atomic E-state index is -3.18. The van der Waals surface area contributed by atoms with Crippen molar-refractivity contribution in [2.45, 2.75) is 38.2 Å². The Hall–Kier alpha value is -0.910. The van der Waals surface area contributed by atoms with Crippen molar-refractivity contribution in [3.05, 3.63) is 29.8 Å². The van der Waals surface area contributed by atoms with Gasteiger partial charge in [-0.25, -0.2) is 8.42 Å². The number of aliphatic hydroxyl groups is 1. The number of aliphatic hydroxyl groups excluding tert-OH is 1. The Bertz CT molecular complexity index is 525. The van der Waals surface area contributed by atoms with E-state index in [0.717, 1.165) is 25.1 Å². The molecule has 21 heavy (non-hydrogen) atoms. The Labute approximate surface area is 128 Å². The molecule has 120 valence electrons. The number of hydrogen-bond acceptors (Lipinski definition) is 4. The van der Waals surface area contributed by atoms with E-state index in [1.165, 1.54) is 6.26 Å². The summed E-state index contributed by atoms with van der Waals surface area (Å²) < 4.78 is 22.8. The zero-order valence-electron chi connectivity index (χ0n) is 13.4. The monoisotopic (exact) mass is 313 g/mol. The van der Waals surface area contributed by atoms with Crippen LogP contribution in [0.1, 0.15) is 38.9 Å². The Balaban J connectivity index is 2.72. The van der Waals surface area contributed by atoms with Gasteiger partial charge in [0, 0.05) is 19.3 Å². The zero-order valence-corrected chi connectivity index (χ0v) is 14.2. The van der Waals surface area contributed by atoms with E-state index in [1.54, 1.807) is 24.3 Å². The number of nitrogens with zero attached hydrogens (tertiary/aromatic N) is 1. The van der Waals surface area contributed by atoms with Gasteiger partial charge in [0.25, 0.3) is 0 Å². The quantitative estimate of drug-likeness (QED) is 0.801. The molecule has 1 rings (SSSR count). The molecule has 2 atom stereocenters. The molecule has 0 saturated heterocycles. The normalized spacial score (nSPS) is 15.1. The number of rotatable bonds is 8. The molecular weight excluding hydrogens is 286 g/mol. The molecule has 0 fully saturated rings. The summed E-state index contributed by atoms with van der Waals surface area (Å²) in [5, 5.41) is 10.3. The highest BCUT2D eigenvalue weighted by atomic mass is 32.2. The number of benzene rings is 1. The van der Waals surface area contributed by atoms with Gasteiger partial charge in [0.2, 0.25) is 0 Å². The highest BCUT2D eigenvalue weighted by Crippen LogP contribution is 2.18. The number of sulfone groups is 1. The summed E-state index contributed by atoms with van der Waals surface area (Å²) in [4.78, 5) is 2.51. The van der Waals surface area contributed by atoms with Crippen LogP contribution >= 0.6 is 0 Å². The topological polar surface area (TPSA) is 57.6 Å². The van der Waals surface area contributed by atoms with Crippen molar-refractivity contribution in [2.24, 2.45) is 5.92 Å². The smallest absolute Gasteiger partial charge is 0.175 e. The summed E-state index contributed by atoms with van der Waals surface area (Å²) in [5.41, 5.74) is 0.755. The van der Waals surface area contributed by atoms with Gasteiger partial charge in [-0.15, -0.1) is 0 Å². The maximum Gasteiger partial charge on any atom is 0.175 e. The van der Waals surface area contributed by atoms with Crippen LogP contribution in [0.3, 0.4) is 0 Å². The average molecular weight is 313 g/mol. The van der Waals surface area contributed by atoms with E-state index in [0.29, 0.717) is 12.5 Å². The predicted octanol–water partition coefficient (Wildman–Crippen LogP) is 2.49. The molecule has 0 aromatic heterocycles. The van der Waals surface area contributed by atoms with Gasteiger partial charge in [-0.05, 0) is 30.2 Å². The summed E-state index contributed by atoms with van der Waals surface area (Å²) in [6.45, 7) is 8.88. The molecule has 0 aliphatic rings. The van der Waals surface area contributed by atoms with Gasteiger partial charge in [0.15, 0.2) is 9.84 Å². The van der Waals surface area contributed by atoms with Crippen LogP contribution in [0.2, 0.25) is 0 Å². The average Bonchev–Trinajstić information content (AvgIpc) is 2.45. The lowest BCUT2D eigenvalue weighted by Gasteiger charge is -2.26. The molecule has 0 bridgehead atoms. The minimum absolute atomic E-state index is 0.283. The number of hydrogen-bond donors (Lipinski definition) is 1. The molecule has 0 saturated carbocycles. The molecule has 0 amide bonds. The molecule has 0 heterocycles. The maximum absolute atomic E-state index is 11.4. The second-order valence-electron chi connectivity index (χ2n) is 5.72.